The maximum Gasteiger partial charge on any atom is 0.193 e. The van der Waals surface area contributed by atoms with Crippen LogP contribution in [0.3, 0.4) is 0 Å². The van der Waals surface area contributed by atoms with Crippen molar-refractivity contribution in [1.82, 2.24) is 15.2 Å². The summed E-state index contributed by atoms with van der Waals surface area (Å²) < 4.78 is 0. The first-order valence-electron chi connectivity index (χ1n) is 7.06. The molecular formula is C15H24N4. The van der Waals surface area contributed by atoms with Gasteiger partial charge < -0.3 is 10.2 Å². The average Bonchev–Trinajstić information content (AvgIpc) is 2.43. The Hall–Kier alpha value is -1.58. The fourth-order valence-electron chi connectivity index (χ4n) is 2.42. The minimum atomic E-state index is 0.741. The van der Waals surface area contributed by atoms with Gasteiger partial charge >= 0.3 is 0 Å². The highest BCUT2D eigenvalue weighted by molar-refractivity contribution is 5.79. The Labute approximate surface area is 115 Å². The van der Waals surface area contributed by atoms with Crippen molar-refractivity contribution in [3.05, 3.63) is 29.6 Å². The van der Waals surface area contributed by atoms with E-state index in [1.165, 1.54) is 18.4 Å². The Morgan fingerprint density at radius 1 is 1.47 bits per heavy atom. The first-order valence-corrected chi connectivity index (χ1v) is 7.06. The molecule has 0 atom stereocenters. The lowest BCUT2D eigenvalue weighted by Gasteiger charge is -2.32. The van der Waals surface area contributed by atoms with Gasteiger partial charge in [-0.1, -0.05) is 13.0 Å². The van der Waals surface area contributed by atoms with Crippen LogP contribution in [-0.2, 0) is 6.54 Å². The van der Waals surface area contributed by atoms with E-state index < -0.39 is 0 Å². The van der Waals surface area contributed by atoms with E-state index in [2.05, 4.69) is 40.1 Å². The predicted octanol–water partition coefficient (Wildman–Crippen LogP) is 2.20. The molecule has 1 saturated heterocycles. The van der Waals surface area contributed by atoms with Crippen molar-refractivity contribution < 1.29 is 0 Å². The number of rotatable bonds is 2. The van der Waals surface area contributed by atoms with Gasteiger partial charge in [-0.2, -0.15) is 0 Å². The molecule has 0 aromatic carbocycles. The largest absolute Gasteiger partial charge is 0.351 e. The minimum Gasteiger partial charge on any atom is -0.351 e. The van der Waals surface area contributed by atoms with Gasteiger partial charge in [0.15, 0.2) is 5.96 Å². The molecule has 4 heteroatoms. The molecule has 0 amide bonds. The third-order valence-electron chi connectivity index (χ3n) is 3.83. The van der Waals surface area contributed by atoms with Crippen LogP contribution < -0.4 is 5.32 Å². The van der Waals surface area contributed by atoms with E-state index in [0.717, 1.165) is 37.2 Å². The van der Waals surface area contributed by atoms with Gasteiger partial charge in [0.05, 0.1) is 12.2 Å². The van der Waals surface area contributed by atoms with Gasteiger partial charge in [0, 0.05) is 26.3 Å². The number of hydrogen-bond acceptors (Lipinski definition) is 2. The molecule has 19 heavy (non-hydrogen) atoms. The van der Waals surface area contributed by atoms with Crippen LogP contribution in [0.15, 0.2) is 23.3 Å². The third-order valence-corrected chi connectivity index (χ3v) is 3.83. The average molecular weight is 260 g/mol. The minimum absolute atomic E-state index is 0.741. The Bertz CT molecular complexity index is 434. The lowest BCUT2D eigenvalue weighted by atomic mass is 10.00. The van der Waals surface area contributed by atoms with Gasteiger partial charge in [-0.05, 0) is 37.3 Å². The highest BCUT2D eigenvalue weighted by atomic mass is 15.3. The number of aryl methyl sites for hydroxylation is 1. The van der Waals surface area contributed by atoms with Gasteiger partial charge in [0.2, 0.25) is 0 Å². The molecule has 1 aliphatic heterocycles. The molecule has 0 spiro atoms. The lowest BCUT2D eigenvalue weighted by molar-refractivity contribution is 0.273. The van der Waals surface area contributed by atoms with Crippen molar-refractivity contribution >= 4 is 5.96 Å². The zero-order valence-corrected chi connectivity index (χ0v) is 12.2. The van der Waals surface area contributed by atoms with Gasteiger partial charge in [0.25, 0.3) is 0 Å². The highest BCUT2D eigenvalue weighted by Crippen LogP contribution is 2.16. The Kier molecular flexibility index (Phi) is 4.77. The number of pyridine rings is 1. The van der Waals surface area contributed by atoms with E-state index in [1.807, 2.05) is 19.3 Å². The third kappa shape index (κ3) is 3.69. The van der Waals surface area contributed by atoms with E-state index in [-0.39, 0.29) is 0 Å². The highest BCUT2D eigenvalue weighted by Gasteiger charge is 2.18. The maximum atomic E-state index is 4.41. The predicted molar refractivity (Wildman–Crippen MR) is 79.1 cm³/mol. The molecule has 1 aromatic heterocycles. The standard InChI is InChI=1S/C15H24N4/c1-12-6-9-19(10-7-12)15(16-3)18-11-14-13(2)5-4-8-17-14/h4-5,8,12H,6-7,9-11H2,1-3H3,(H,16,18). The van der Waals surface area contributed by atoms with Crippen LogP contribution in [0.2, 0.25) is 0 Å². The van der Waals surface area contributed by atoms with E-state index in [0.29, 0.717) is 0 Å². The number of aliphatic imine (C=N–C) groups is 1. The second-order valence-electron chi connectivity index (χ2n) is 5.34. The molecule has 1 aromatic rings. The summed E-state index contributed by atoms with van der Waals surface area (Å²) in [6, 6.07) is 4.06. The number of nitrogens with one attached hydrogen (secondary N) is 1. The summed E-state index contributed by atoms with van der Waals surface area (Å²) in [5.74, 6) is 1.84. The fraction of sp³-hybridized carbons (Fsp3) is 0.600. The molecule has 0 bridgehead atoms. The summed E-state index contributed by atoms with van der Waals surface area (Å²) in [7, 11) is 1.85. The molecule has 0 aliphatic carbocycles. The quantitative estimate of drug-likeness (QED) is 0.654. The summed E-state index contributed by atoms with van der Waals surface area (Å²) in [5.41, 5.74) is 2.31. The van der Waals surface area contributed by atoms with E-state index in [1.54, 1.807) is 0 Å². The summed E-state index contributed by atoms with van der Waals surface area (Å²) in [5, 5.41) is 3.42. The molecule has 1 aliphatic rings. The molecule has 4 nitrogen and oxygen atoms in total. The van der Waals surface area contributed by atoms with Gasteiger partial charge in [-0.15, -0.1) is 0 Å². The number of aromatic nitrogens is 1. The molecule has 0 unspecified atom stereocenters. The molecular weight excluding hydrogens is 236 g/mol. The van der Waals surface area contributed by atoms with Crippen LogP contribution in [0.25, 0.3) is 0 Å². The van der Waals surface area contributed by atoms with Crippen LogP contribution in [-0.4, -0.2) is 36.0 Å². The summed E-state index contributed by atoms with van der Waals surface area (Å²) in [4.78, 5) is 11.1. The smallest absolute Gasteiger partial charge is 0.193 e. The van der Waals surface area contributed by atoms with Crippen molar-refractivity contribution in [3.63, 3.8) is 0 Å². The second kappa shape index (κ2) is 6.55. The molecule has 2 rings (SSSR count). The van der Waals surface area contributed by atoms with Crippen molar-refractivity contribution in [2.45, 2.75) is 33.2 Å². The Morgan fingerprint density at radius 2 is 2.21 bits per heavy atom. The summed E-state index contributed by atoms with van der Waals surface area (Å²) in [6.07, 6.45) is 4.35. The van der Waals surface area contributed by atoms with Crippen LogP contribution in [0, 0.1) is 12.8 Å². The van der Waals surface area contributed by atoms with Crippen LogP contribution in [0.1, 0.15) is 31.0 Å². The molecule has 0 radical (unpaired) electrons. The van der Waals surface area contributed by atoms with Crippen LogP contribution in [0.5, 0.6) is 0 Å². The number of likely N-dealkylation sites (tertiary alicyclic amines) is 1. The summed E-state index contributed by atoms with van der Waals surface area (Å²) in [6.45, 7) is 7.36. The van der Waals surface area contributed by atoms with Crippen molar-refractivity contribution in [2.24, 2.45) is 10.9 Å². The van der Waals surface area contributed by atoms with E-state index in [4.69, 9.17) is 0 Å². The maximum absolute atomic E-state index is 4.41. The number of hydrogen-bond donors (Lipinski definition) is 1. The normalized spacial score (nSPS) is 17.6. The fourth-order valence-corrected chi connectivity index (χ4v) is 2.42. The van der Waals surface area contributed by atoms with Gasteiger partial charge in [-0.25, -0.2) is 0 Å². The zero-order chi connectivity index (χ0) is 13.7. The van der Waals surface area contributed by atoms with Crippen molar-refractivity contribution in [3.8, 4) is 0 Å². The number of piperidine rings is 1. The Balaban J connectivity index is 1.92. The van der Waals surface area contributed by atoms with Crippen LogP contribution in [0.4, 0.5) is 0 Å². The summed E-state index contributed by atoms with van der Waals surface area (Å²) >= 11 is 0. The molecule has 1 fully saturated rings. The molecule has 104 valence electrons. The molecule has 2 heterocycles. The monoisotopic (exact) mass is 260 g/mol. The topological polar surface area (TPSA) is 40.5 Å². The first kappa shape index (κ1) is 13.8. The van der Waals surface area contributed by atoms with Gasteiger partial charge in [-0.3, -0.25) is 9.98 Å². The Morgan fingerprint density at radius 3 is 2.84 bits per heavy atom. The van der Waals surface area contributed by atoms with Crippen molar-refractivity contribution in [2.75, 3.05) is 20.1 Å². The van der Waals surface area contributed by atoms with Crippen LogP contribution >= 0.6 is 0 Å². The first-order chi connectivity index (χ1) is 9.20. The second-order valence-corrected chi connectivity index (χ2v) is 5.34. The van der Waals surface area contributed by atoms with Crippen molar-refractivity contribution in [1.29, 1.82) is 0 Å². The number of nitrogens with zero attached hydrogens (tertiary/aromatic N) is 3. The SMILES string of the molecule is CN=C(NCc1ncccc1C)N1CCC(C)CC1. The lowest BCUT2D eigenvalue weighted by Crippen LogP contribution is -2.45. The zero-order valence-electron chi connectivity index (χ0n) is 12.2. The van der Waals surface area contributed by atoms with E-state index in [9.17, 15) is 0 Å². The number of guanidine groups is 1. The molecule has 1 N–H and O–H groups in total. The van der Waals surface area contributed by atoms with E-state index >= 15 is 0 Å². The van der Waals surface area contributed by atoms with Gasteiger partial charge in [0.1, 0.15) is 0 Å². The molecule has 0 saturated carbocycles.